The van der Waals surface area contributed by atoms with Gasteiger partial charge >= 0.3 is 5.97 Å². The molecule has 0 unspecified atom stereocenters. The molecule has 0 aliphatic rings. The zero-order chi connectivity index (χ0) is 19.4. The normalized spacial score (nSPS) is 10.3. The number of amides is 2. The molecular weight excluding hydrogens is 348 g/mol. The molecule has 0 saturated carbocycles. The largest absolute Gasteiger partial charge is 0.478 e. The standard InChI is InChI=1S/C20H16N2O5/c1-12-15(20(25)26)4-2-5-16(12)22-18(23)13-7-9-14(10-8-13)21-19(24)17-6-3-11-27-17/h2-11H,1H3,(H,21,24)(H,22,23)(H,25,26). The Balaban J connectivity index is 1.70. The maximum atomic E-state index is 12.4. The van der Waals surface area contributed by atoms with Gasteiger partial charge < -0.3 is 20.2 Å². The average molecular weight is 364 g/mol. The van der Waals surface area contributed by atoms with Crippen molar-refractivity contribution in [1.82, 2.24) is 0 Å². The number of carbonyl (C=O) groups excluding carboxylic acids is 2. The van der Waals surface area contributed by atoms with Crippen LogP contribution < -0.4 is 10.6 Å². The number of aromatic carboxylic acids is 1. The summed E-state index contributed by atoms with van der Waals surface area (Å²) in [7, 11) is 0. The van der Waals surface area contributed by atoms with E-state index in [-0.39, 0.29) is 17.2 Å². The van der Waals surface area contributed by atoms with E-state index in [1.165, 1.54) is 12.3 Å². The highest BCUT2D eigenvalue weighted by molar-refractivity contribution is 6.06. The van der Waals surface area contributed by atoms with E-state index < -0.39 is 11.9 Å². The van der Waals surface area contributed by atoms with Crippen LogP contribution in [-0.4, -0.2) is 22.9 Å². The number of rotatable bonds is 5. The summed E-state index contributed by atoms with van der Waals surface area (Å²) >= 11 is 0. The summed E-state index contributed by atoms with van der Waals surface area (Å²) in [6, 6.07) is 14.1. The molecule has 0 bridgehead atoms. The first kappa shape index (κ1) is 17.9. The summed E-state index contributed by atoms with van der Waals surface area (Å²) in [5, 5.41) is 14.5. The molecule has 3 rings (SSSR count). The van der Waals surface area contributed by atoms with Crippen LogP contribution in [0.25, 0.3) is 0 Å². The molecule has 0 aliphatic heterocycles. The molecule has 2 aromatic carbocycles. The first-order valence-electron chi connectivity index (χ1n) is 8.05. The van der Waals surface area contributed by atoms with Crippen LogP contribution in [0.4, 0.5) is 11.4 Å². The first-order valence-corrected chi connectivity index (χ1v) is 8.05. The summed E-state index contributed by atoms with van der Waals surface area (Å²) in [5.74, 6) is -1.64. The Morgan fingerprint density at radius 1 is 0.889 bits per heavy atom. The van der Waals surface area contributed by atoms with Crippen molar-refractivity contribution in [3.8, 4) is 0 Å². The first-order chi connectivity index (χ1) is 13.0. The van der Waals surface area contributed by atoms with Crippen molar-refractivity contribution in [3.63, 3.8) is 0 Å². The smallest absolute Gasteiger partial charge is 0.336 e. The number of carboxylic acids is 1. The van der Waals surface area contributed by atoms with Crippen LogP contribution in [0.15, 0.2) is 65.3 Å². The molecule has 7 heteroatoms. The molecule has 3 aromatic rings. The maximum Gasteiger partial charge on any atom is 0.336 e. The van der Waals surface area contributed by atoms with Crippen molar-refractivity contribution < 1.29 is 23.9 Å². The second kappa shape index (κ2) is 7.57. The van der Waals surface area contributed by atoms with Crippen LogP contribution in [0.5, 0.6) is 0 Å². The molecule has 7 nitrogen and oxygen atoms in total. The van der Waals surface area contributed by atoms with Crippen molar-refractivity contribution in [2.75, 3.05) is 10.6 Å². The molecule has 0 radical (unpaired) electrons. The van der Waals surface area contributed by atoms with E-state index in [0.29, 0.717) is 22.5 Å². The third kappa shape index (κ3) is 4.04. The Labute approximate surface area is 154 Å². The average Bonchev–Trinajstić information content (AvgIpc) is 3.18. The van der Waals surface area contributed by atoms with Gasteiger partial charge in [-0.3, -0.25) is 9.59 Å². The van der Waals surface area contributed by atoms with Crippen LogP contribution in [0.3, 0.4) is 0 Å². The molecule has 0 aliphatic carbocycles. The van der Waals surface area contributed by atoms with E-state index in [1.807, 2.05) is 0 Å². The number of hydrogen-bond acceptors (Lipinski definition) is 4. The maximum absolute atomic E-state index is 12.4. The van der Waals surface area contributed by atoms with Crippen molar-refractivity contribution in [2.24, 2.45) is 0 Å². The predicted octanol–water partition coefficient (Wildman–Crippen LogP) is 3.79. The molecule has 0 saturated heterocycles. The van der Waals surface area contributed by atoms with Gasteiger partial charge in [-0.25, -0.2) is 4.79 Å². The summed E-state index contributed by atoms with van der Waals surface area (Å²) < 4.78 is 5.02. The van der Waals surface area contributed by atoms with E-state index in [2.05, 4.69) is 10.6 Å². The Bertz CT molecular complexity index is 992. The number of nitrogens with one attached hydrogen (secondary N) is 2. The van der Waals surface area contributed by atoms with Crippen LogP contribution in [0.2, 0.25) is 0 Å². The highest BCUT2D eigenvalue weighted by Crippen LogP contribution is 2.20. The van der Waals surface area contributed by atoms with Gasteiger partial charge in [-0.2, -0.15) is 0 Å². The zero-order valence-electron chi connectivity index (χ0n) is 14.4. The fourth-order valence-electron chi connectivity index (χ4n) is 2.50. The topological polar surface area (TPSA) is 109 Å². The minimum absolute atomic E-state index is 0.129. The van der Waals surface area contributed by atoms with Gasteiger partial charge in [0.15, 0.2) is 5.76 Å². The summed E-state index contributed by atoms with van der Waals surface area (Å²) in [6.45, 7) is 1.63. The fourth-order valence-corrected chi connectivity index (χ4v) is 2.50. The van der Waals surface area contributed by atoms with Crippen LogP contribution in [-0.2, 0) is 0 Å². The second-order valence-corrected chi connectivity index (χ2v) is 5.75. The van der Waals surface area contributed by atoms with Crippen molar-refractivity contribution in [3.05, 3.63) is 83.3 Å². The van der Waals surface area contributed by atoms with Crippen molar-refractivity contribution in [1.29, 1.82) is 0 Å². The third-order valence-corrected chi connectivity index (χ3v) is 3.96. The number of benzene rings is 2. The molecule has 0 fully saturated rings. The van der Waals surface area contributed by atoms with E-state index >= 15 is 0 Å². The number of hydrogen-bond donors (Lipinski definition) is 3. The fraction of sp³-hybridized carbons (Fsp3) is 0.0500. The molecule has 136 valence electrons. The molecule has 0 spiro atoms. The van der Waals surface area contributed by atoms with Crippen molar-refractivity contribution >= 4 is 29.2 Å². The van der Waals surface area contributed by atoms with E-state index in [0.717, 1.165) is 0 Å². The summed E-state index contributed by atoms with van der Waals surface area (Å²) in [6.07, 6.45) is 1.41. The molecule has 3 N–H and O–H groups in total. The van der Waals surface area contributed by atoms with Gasteiger partial charge in [-0.15, -0.1) is 0 Å². The zero-order valence-corrected chi connectivity index (χ0v) is 14.4. The number of furan rings is 1. The molecular formula is C20H16N2O5. The van der Waals surface area contributed by atoms with E-state index in [9.17, 15) is 14.4 Å². The van der Waals surface area contributed by atoms with Gasteiger partial charge in [0.1, 0.15) is 0 Å². The Morgan fingerprint density at radius 2 is 1.63 bits per heavy atom. The molecule has 0 atom stereocenters. The minimum atomic E-state index is -1.06. The third-order valence-electron chi connectivity index (χ3n) is 3.96. The van der Waals surface area contributed by atoms with Crippen LogP contribution in [0.1, 0.15) is 36.8 Å². The lowest BCUT2D eigenvalue weighted by Gasteiger charge is -2.11. The monoisotopic (exact) mass is 364 g/mol. The number of anilines is 2. The van der Waals surface area contributed by atoms with Gasteiger partial charge in [-0.1, -0.05) is 6.07 Å². The summed E-state index contributed by atoms with van der Waals surface area (Å²) in [4.78, 5) is 35.5. The Morgan fingerprint density at radius 3 is 2.26 bits per heavy atom. The number of carbonyl (C=O) groups is 3. The minimum Gasteiger partial charge on any atom is -0.478 e. The van der Waals surface area contributed by atoms with Crippen LogP contribution >= 0.6 is 0 Å². The molecule has 1 aromatic heterocycles. The van der Waals surface area contributed by atoms with E-state index in [1.54, 1.807) is 55.5 Å². The molecule has 27 heavy (non-hydrogen) atoms. The quantitative estimate of drug-likeness (QED) is 0.638. The van der Waals surface area contributed by atoms with Gasteiger partial charge in [0.25, 0.3) is 11.8 Å². The lowest BCUT2D eigenvalue weighted by molar-refractivity contribution is 0.0695. The lowest BCUT2D eigenvalue weighted by atomic mass is 10.1. The van der Waals surface area contributed by atoms with Gasteiger partial charge in [0, 0.05) is 16.9 Å². The predicted molar refractivity (Wildman–Crippen MR) is 99.2 cm³/mol. The number of carboxylic acid groups (broad SMARTS) is 1. The highest BCUT2D eigenvalue weighted by Gasteiger charge is 2.14. The Kier molecular flexibility index (Phi) is 5.03. The van der Waals surface area contributed by atoms with Crippen molar-refractivity contribution in [2.45, 2.75) is 6.92 Å². The Hall–Kier alpha value is -3.87. The second-order valence-electron chi connectivity index (χ2n) is 5.75. The van der Waals surface area contributed by atoms with Gasteiger partial charge in [0.05, 0.1) is 11.8 Å². The van der Waals surface area contributed by atoms with Crippen LogP contribution in [0, 0.1) is 6.92 Å². The van der Waals surface area contributed by atoms with Gasteiger partial charge in [-0.05, 0) is 61.0 Å². The summed E-state index contributed by atoms with van der Waals surface area (Å²) in [5.41, 5.74) is 1.91. The highest BCUT2D eigenvalue weighted by atomic mass is 16.4. The van der Waals surface area contributed by atoms with E-state index in [4.69, 9.17) is 9.52 Å². The molecule has 2 amide bonds. The lowest BCUT2D eigenvalue weighted by Crippen LogP contribution is -2.14. The van der Waals surface area contributed by atoms with Gasteiger partial charge in [0.2, 0.25) is 0 Å². The SMILES string of the molecule is Cc1c(NC(=O)c2ccc(NC(=O)c3ccco3)cc2)cccc1C(=O)O. The molecule has 1 heterocycles.